The van der Waals surface area contributed by atoms with Crippen molar-refractivity contribution in [2.24, 2.45) is 0 Å². The molecular weight excluding hydrogens is 324 g/mol. The molecule has 1 heterocycles. The van der Waals surface area contributed by atoms with E-state index in [4.69, 9.17) is 9.15 Å². The Hall–Kier alpha value is -2.53. The maximum Gasteiger partial charge on any atom is 0.182 e. The van der Waals surface area contributed by atoms with Gasteiger partial charge in [-0.15, -0.1) is 0 Å². The highest BCUT2D eigenvalue weighted by atomic mass is 32.2. The molecule has 0 aliphatic rings. The second-order valence-corrected chi connectivity index (χ2v) is 7.53. The van der Waals surface area contributed by atoms with Crippen LogP contribution in [0.25, 0.3) is 11.1 Å². The van der Waals surface area contributed by atoms with E-state index in [0.29, 0.717) is 16.2 Å². The summed E-state index contributed by atoms with van der Waals surface area (Å²) in [5.41, 5.74) is 3.19. The molecule has 0 radical (unpaired) electrons. The van der Waals surface area contributed by atoms with Crippen LogP contribution in [0.2, 0.25) is 0 Å². The first-order valence-corrected chi connectivity index (χ1v) is 9.14. The zero-order valence-electron chi connectivity index (χ0n) is 13.5. The van der Waals surface area contributed by atoms with E-state index in [9.17, 15) is 8.42 Å². The number of hydrogen-bond acceptors (Lipinski definition) is 4. The van der Waals surface area contributed by atoms with Gasteiger partial charge in [-0.2, -0.15) is 0 Å². The van der Waals surface area contributed by atoms with Crippen molar-refractivity contribution in [2.75, 3.05) is 7.11 Å². The summed E-state index contributed by atoms with van der Waals surface area (Å²) in [5, 5.41) is 0. The van der Waals surface area contributed by atoms with E-state index in [1.54, 1.807) is 56.9 Å². The van der Waals surface area contributed by atoms with Crippen molar-refractivity contribution in [3.05, 3.63) is 72.2 Å². The lowest BCUT2D eigenvalue weighted by Crippen LogP contribution is -2.07. The molecule has 0 saturated carbocycles. The molecule has 0 amide bonds. The van der Waals surface area contributed by atoms with Gasteiger partial charge in [-0.3, -0.25) is 0 Å². The minimum absolute atomic E-state index is 0.0696. The number of hydrogen-bond donors (Lipinski definition) is 0. The van der Waals surface area contributed by atoms with Crippen molar-refractivity contribution in [1.82, 2.24) is 0 Å². The van der Waals surface area contributed by atoms with Gasteiger partial charge in [0.25, 0.3) is 0 Å². The molecule has 3 rings (SSSR count). The standard InChI is InChI=1S/C19H18O4S/c1-14-5-3-4-6-19(14)24(20,21)13-15-7-8-17(18(11-15)22-2)16-9-10-23-12-16/h3-12H,13H2,1-2H3. The van der Waals surface area contributed by atoms with Gasteiger partial charge in [0.05, 0.1) is 30.3 Å². The van der Waals surface area contributed by atoms with E-state index < -0.39 is 9.84 Å². The number of benzene rings is 2. The van der Waals surface area contributed by atoms with Crippen molar-refractivity contribution in [3.63, 3.8) is 0 Å². The van der Waals surface area contributed by atoms with E-state index in [-0.39, 0.29) is 5.75 Å². The van der Waals surface area contributed by atoms with Crippen LogP contribution in [-0.4, -0.2) is 15.5 Å². The Morgan fingerprint density at radius 3 is 2.54 bits per heavy atom. The minimum Gasteiger partial charge on any atom is -0.496 e. The van der Waals surface area contributed by atoms with Crippen LogP contribution in [0.1, 0.15) is 11.1 Å². The summed E-state index contributed by atoms with van der Waals surface area (Å²) >= 11 is 0. The van der Waals surface area contributed by atoms with Crippen molar-refractivity contribution in [3.8, 4) is 16.9 Å². The summed E-state index contributed by atoms with van der Waals surface area (Å²) in [5.74, 6) is 0.550. The molecule has 24 heavy (non-hydrogen) atoms. The summed E-state index contributed by atoms with van der Waals surface area (Å²) in [4.78, 5) is 0.364. The Morgan fingerprint density at radius 1 is 1.08 bits per heavy atom. The summed E-state index contributed by atoms with van der Waals surface area (Å²) in [6.07, 6.45) is 3.22. The zero-order valence-corrected chi connectivity index (χ0v) is 14.3. The molecule has 2 aromatic carbocycles. The lowest BCUT2D eigenvalue weighted by atomic mass is 10.1. The molecule has 0 aliphatic heterocycles. The van der Waals surface area contributed by atoms with Gasteiger partial charge in [-0.25, -0.2) is 8.42 Å². The zero-order chi connectivity index (χ0) is 17.2. The predicted molar refractivity (Wildman–Crippen MR) is 92.8 cm³/mol. The largest absolute Gasteiger partial charge is 0.496 e. The van der Waals surface area contributed by atoms with Crippen molar-refractivity contribution >= 4 is 9.84 Å². The summed E-state index contributed by atoms with van der Waals surface area (Å²) in [6.45, 7) is 1.80. The van der Waals surface area contributed by atoms with E-state index in [1.807, 2.05) is 18.2 Å². The van der Waals surface area contributed by atoms with Crippen LogP contribution in [0.5, 0.6) is 5.75 Å². The first-order chi connectivity index (χ1) is 11.5. The number of ether oxygens (including phenoxy) is 1. The fourth-order valence-electron chi connectivity index (χ4n) is 2.68. The molecule has 0 spiro atoms. The number of rotatable bonds is 5. The summed E-state index contributed by atoms with van der Waals surface area (Å²) < 4.78 is 35.9. The van der Waals surface area contributed by atoms with Gasteiger partial charge >= 0.3 is 0 Å². The Balaban J connectivity index is 1.95. The predicted octanol–water partition coefficient (Wildman–Crippen LogP) is 4.24. The third kappa shape index (κ3) is 3.21. The monoisotopic (exact) mass is 342 g/mol. The van der Waals surface area contributed by atoms with Gasteiger partial charge in [0.1, 0.15) is 5.75 Å². The first kappa shape index (κ1) is 16.3. The Labute approximate surface area is 141 Å². The van der Waals surface area contributed by atoms with Gasteiger partial charge in [0, 0.05) is 11.1 Å². The van der Waals surface area contributed by atoms with Crippen molar-refractivity contribution < 1.29 is 17.6 Å². The fourth-order valence-corrected chi connectivity index (χ4v) is 4.30. The van der Waals surface area contributed by atoms with Gasteiger partial charge in [0.15, 0.2) is 9.84 Å². The van der Waals surface area contributed by atoms with Crippen LogP contribution in [0.3, 0.4) is 0 Å². The molecule has 0 atom stereocenters. The van der Waals surface area contributed by atoms with Gasteiger partial charge in [-0.1, -0.05) is 30.3 Å². The molecule has 5 heteroatoms. The highest BCUT2D eigenvalue weighted by Gasteiger charge is 2.18. The highest BCUT2D eigenvalue weighted by molar-refractivity contribution is 7.90. The third-order valence-corrected chi connectivity index (χ3v) is 5.73. The maximum absolute atomic E-state index is 12.7. The van der Waals surface area contributed by atoms with Crippen LogP contribution in [0, 0.1) is 6.92 Å². The van der Waals surface area contributed by atoms with Crippen LogP contribution in [0.4, 0.5) is 0 Å². The molecule has 0 fully saturated rings. The molecule has 3 aromatic rings. The van der Waals surface area contributed by atoms with Gasteiger partial charge in [-0.05, 0) is 36.2 Å². The summed E-state index contributed by atoms with van der Waals surface area (Å²) in [7, 11) is -1.84. The number of methoxy groups -OCH3 is 1. The molecule has 124 valence electrons. The maximum atomic E-state index is 12.7. The number of furan rings is 1. The molecule has 0 saturated heterocycles. The van der Waals surface area contributed by atoms with Crippen LogP contribution in [-0.2, 0) is 15.6 Å². The Kier molecular flexibility index (Phi) is 4.44. The quantitative estimate of drug-likeness (QED) is 0.696. The van der Waals surface area contributed by atoms with Crippen molar-refractivity contribution in [1.29, 1.82) is 0 Å². The average Bonchev–Trinajstić information content (AvgIpc) is 3.09. The summed E-state index contributed by atoms with van der Waals surface area (Å²) in [6, 6.07) is 14.3. The van der Waals surface area contributed by atoms with Crippen LogP contribution < -0.4 is 4.74 Å². The van der Waals surface area contributed by atoms with E-state index in [2.05, 4.69) is 0 Å². The van der Waals surface area contributed by atoms with E-state index >= 15 is 0 Å². The Morgan fingerprint density at radius 2 is 1.88 bits per heavy atom. The SMILES string of the molecule is COc1cc(CS(=O)(=O)c2ccccc2C)ccc1-c1ccoc1. The second kappa shape index (κ2) is 6.53. The second-order valence-electron chi connectivity index (χ2n) is 5.57. The lowest BCUT2D eigenvalue weighted by Gasteiger charge is -2.11. The molecule has 0 N–H and O–H groups in total. The van der Waals surface area contributed by atoms with Crippen molar-refractivity contribution in [2.45, 2.75) is 17.6 Å². The molecule has 4 nitrogen and oxygen atoms in total. The highest BCUT2D eigenvalue weighted by Crippen LogP contribution is 2.32. The topological polar surface area (TPSA) is 56.5 Å². The normalized spacial score (nSPS) is 11.4. The smallest absolute Gasteiger partial charge is 0.182 e. The average molecular weight is 342 g/mol. The molecule has 0 aliphatic carbocycles. The van der Waals surface area contributed by atoms with Crippen LogP contribution in [0.15, 0.2) is 70.4 Å². The van der Waals surface area contributed by atoms with Crippen LogP contribution >= 0.6 is 0 Å². The fraction of sp³-hybridized carbons (Fsp3) is 0.158. The minimum atomic E-state index is -3.41. The number of sulfone groups is 1. The van der Waals surface area contributed by atoms with Gasteiger partial charge in [0.2, 0.25) is 0 Å². The molecule has 0 unspecified atom stereocenters. The first-order valence-electron chi connectivity index (χ1n) is 7.49. The third-order valence-electron chi connectivity index (χ3n) is 3.88. The van der Waals surface area contributed by atoms with Gasteiger partial charge < -0.3 is 9.15 Å². The molecule has 0 bridgehead atoms. The van der Waals surface area contributed by atoms with E-state index in [1.165, 1.54) is 0 Å². The molecular formula is C19H18O4S. The molecule has 1 aromatic heterocycles. The lowest BCUT2D eigenvalue weighted by molar-refractivity contribution is 0.416. The number of aryl methyl sites for hydroxylation is 1. The van der Waals surface area contributed by atoms with E-state index in [0.717, 1.165) is 16.7 Å². The Bertz CT molecular complexity index is 941.